The number of halogens is 2. The van der Waals surface area contributed by atoms with Crippen LogP contribution >= 0.6 is 23.2 Å². The molecule has 1 aliphatic rings. The molecule has 1 aliphatic heterocycles. The number of hydrogen-bond acceptors (Lipinski definition) is 5. The van der Waals surface area contributed by atoms with Gasteiger partial charge in [-0.3, -0.25) is 0 Å². The molecule has 2 aromatic carbocycles. The monoisotopic (exact) mass is 373 g/mol. The molecule has 0 aliphatic carbocycles. The quantitative estimate of drug-likeness (QED) is 0.712. The zero-order valence-corrected chi connectivity index (χ0v) is 14.5. The minimum absolute atomic E-state index is 0.241. The molecule has 0 bridgehead atoms. The van der Waals surface area contributed by atoms with Gasteiger partial charge < -0.3 is 14.8 Å². The molecule has 1 aromatic heterocycles. The predicted octanol–water partition coefficient (Wildman–Crippen LogP) is 4.79. The van der Waals surface area contributed by atoms with E-state index in [4.69, 9.17) is 32.7 Å². The molecule has 0 saturated carbocycles. The van der Waals surface area contributed by atoms with Gasteiger partial charge in [-0.15, -0.1) is 0 Å². The molecule has 1 N–H and O–H groups in total. The Morgan fingerprint density at radius 1 is 1.00 bits per heavy atom. The maximum absolute atomic E-state index is 6.05. The Labute approximate surface area is 154 Å². The van der Waals surface area contributed by atoms with Crippen LogP contribution in [0.5, 0.6) is 11.5 Å². The van der Waals surface area contributed by atoms with Crippen molar-refractivity contribution in [3.63, 3.8) is 0 Å². The van der Waals surface area contributed by atoms with Crippen molar-refractivity contribution in [2.45, 2.75) is 6.54 Å². The number of anilines is 1. The van der Waals surface area contributed by atoms with E-state index in [2.05, 4.69) is 15.3 Å². The molecule has 0 saturated heterocycles. The third kappa shape index (κ3) is 3.48. The molecule has 0 unspecified atom stereocenters. The van der Waals surface area contributed by atoms with E-state index in [1.807, 2.05) is 30.3 Å². The van der Waals surface area contributed by atoms with Crippen molar-refractivity contribution in [3.8, 4) is 22.6 Å². The molecule has 7 heteroatoms. The highest BCUT2D eigenvalue weighted by atomic mass is 35.5. The first kappa shape index (κ1) is 16.0. The van der Waals surface area contributed by atoms with Gasteiger partial charge in [0.2, 0.25) is 6.79 Å². The van der Waals surface area contributed by atoms with Crippen molar-refractivity contribution >= 4 is 29.0 Å². The summed E-state index contributed by atoms with van der Waals surface area (Å²) in [7, 11) is 0. The van der Waals surface area contributed by atoms with Crippen LogP contribution in [0.3, 0.4) is 0 Å². The van der Waals surface area contributed by atoms with E-state index in [-0.39, 0.29) is 6.79 Å². The molecule has 0 spiro atoms. The van der Waals surface area contributed by atoms with E-state index < -0.39 is 0 Å². The summed E-state index contributed by atoms with van der Waals surface area (Å²) in [6.45, 7) is 0.777. The van der Waals surface area contributed by atoms with E-state index in [1.54, 1.807) is 12.3 Å². The summed E-state index contributed by atoms with van der Waals surface area (Å²) < 4.78 is 10.8. The Balaban J connectivity index is 1.61. The number of nitrogens with zero attached hydrogens (tertiary/aromatic N) is 2. The Hall–Kier alpha value is -2.50. The second-order valence-electron chi connectivity index (χ2n) is 5.48. The molecule has 126 valence electrons. The summed E-state index contributed by atoms with van der Waals surface area (Å²) in [6, 6.07) is 11.2. The third-order valence-electron chi connectivity index (χ3n) is 3.78. The number of fused-ring (bicyclic) bond motifs is 1. The average molecular weight is 374 g/mol. The van der Waals surface area contributed by atoms with Crippen LogP contribution in [0.25, 0.3) is 11.1 Å². The van der Waals surface area contributed by atoms with Crippen LogP contribution in [0.15, 0.2) is 48.9 Å². The topological polar surface area (TPSA) is 56.3 Å². The lowest BCUT2D eigenvalue weighted by molar-refractivity contribution is 0.174. The summed E-state index contributed by atoms with van der Waals surface area (Å²) in [4.78, 5) is 8.48. The first-order valence-electron chi connectivity index (χ1n) is 7.58. The molecule has 3 aromatic rings. The van der Waals surface area contributed by atoms with Crippen LogP contribution < -0.4 is 14.8 Å². The van der Waals surface area contributed by atoms with Crippen molar-refractivity contribution in [3.05, 3.63) is 64.5 Å². The van der Waals surface area contributed by atoms with Gasteiger partial charge in [0.15, 0.2) is 11.5 Å². The van der Waals surface area contributed by atoms with Gasteiger partial charge >= 0.3 is 0 Å². The van der Waals surface area contributed by atoms with Gasteiger partial charge in [-0.2, -0.15) is 0 Å². The van der Waals surface area contributed by atoms with E-state index >= 15 is 0 Å². The Morgan fingerprint density at radius 2 is 1.80 bits per heavy atom. The van der Waals surface area contributed by atoms with E-state index in [0.717, 1.165) is 22.4 Å². The Bertz CT molecular complexity index is 914. The van der Waals surface area contributed by atoms with Gasteiger partial charge in [0.25, 0.3) is 0 Å². The van der Waals surface area contributed by atoms with Crippen LogP contribution in [-0.4, -0.2) is 16.8 Å². The van der Waals surface area contributed by atoms with Gasteiger partial charge in [-0.25, -0.2) is 9.97 Å². The first-order chi connectivity index (χ1) is 12.2. The average Bonchev–Trinajstić information content (AvgIpc) is 3.07. The number of nitrogens with one attached hydrogen (secondary N) is 1. The zero-order valence-electron chi connectivity index (χ0n) is 13.0. The van der Waals surface area contributed by atoms with Crippen LogP contribution in [-0.2, 0) is 6.54 Å². The van der Waals surface area contributed by atoms with E-state index in [9.17, 15) is 0 Å². The van der Waals surface area contributed by atoms with Crippen LogP contribution in [0.4, 0.5) is 5.82 Å². The highest BCUT2D eigenvalue weighted by molar-refractivity contribution is 6.34. The molecular formula is C18H13Cl2N3O2. The second-order valence-corrected chi connectivity index (χ2v) is 6.36. The number of ether oxygens (including phenoxy) is 2. The SMILES string of the molecule is Clc1cc(Cl)cc(CNc2ncncc2-c2ccc3c(c2)OCO3)c1. The minimum atomic E-state index is 0.241. The van der Waals surface area contributed by atoms with Gasteiger partial charge in [-0.05, 0) is 41.5 Å². The highest BCUT2D eigenvalue weighted by Crippen LogP contribution is 2.37. The first-order valence-corrected chi connectivity index (χ1v) is 8.33. The fourth-order valence-corrected chi connectivity index (χ4v) is 3.22. The summed E-state index contributed by atoms with van der Waals surface area (Å²) in [6.07, 6.45) is 3.27. The fourth-order valence-electron chi connectivity index (χ4n) is 2.64. The molecule has 0 fully saturated rings. The third-order valence-corrected chi connectivity index (χ3v) is 4.21. The summed E-state index contributed by atoms with van der Waals surface area (Å²) >= 11 is 12.1. The fraction of sp³-hybridized carbons (Fsp3) is 0.111. The van der Waals surface area contributed by atoms with Crippen molar-refractivity contribution < 1.29 is 9.47 Å². The van der Waals surface area contributed by atoms with Crippen LogP contribution in [0, 0.1) is 0 Å². The van der Waals surface area contributed by atoms with Gasteiger partial charge in [0.1, 0.15) is 12.1 Å². The molecule has 4 rings (SSSR count). The number of rotatable bonds is 4. The van der Waals surface area contributed by atoms with Crippen molar-refractivity contribution in [1.29, 1.82) is 0 Å². The molecule has 2 heterocycles. The molecular weight excluding hydrogens is 361 g/mol. The molecule has 0 amide bonds. The molecule has 0 atom stereocenters. The van der Waals surface area contributed by atoms with Crippen molar-refractivity contribution in [2.24, 2.45) is 0 Å². The number of benzene rings is 2. The standard InChI is InChI=1S/C18H13Cl2N3O2/c19-13-3-11(4-14(20)6-13)7-22-18-15(8-21-9-23-18)12-1-2-16-17(5-12)25-10-24-16/h1-6,8-9H,7,10H2,(H,21,22,23). The van der Waals surface area contributed by atoms with Gasteiger partial charge in [0, 0.05) is 28.4 Å². The van der Waals surface area contributed by atoms with Crippen molar-refractivity contribution in [2.75, 3.05) is 12.1 Å². The maximum Gasteiger partial charge on any atom is 0.231 e. The zero-order chi connectivity index (χ0) is 17.2. The Kier molecular flexibility index (Phi) is 4.34. The summed E-state index contributed by atoms with van der Waals surface area (Å²) in [5.41, 5.74) is 2.78. The smallest absolute Gasteiger partial charge is 0.231 e. The number of hydrogen-bond donors (Lipinski definition) is 1. The lowest BCUT2D eigenvalue weighted by atomic mass is 10.1. The molecule has 0 radical (unpaired) electrons. The largest absolute Gasteiger partial charge is 0.454 e. The lowest BCUT2D eigenvalue weighted by Gasteiger charge is -2.11. The van der Waals surface area contributed by atoms with E-state index in [1.165, 1.54) is 6.33 Å². The predicted molar refractivity (Wildman–Crippen MR) is 97.4 cm³/mol. The molecule has 25 heavy (non-hydrogen) atoms. The second kappa shape index (κ2) is 6.78. The van der Waals surface area contributed by atoms with Gasteiger partial charge in [-0.1, -0.05) is 29.3 Å². The molecule has 5 nitrogen and oxygen atoms in total. The minimum Gasteiger partial charge on any atom is -0.454 e. The van der Waals surface area contributed by atoms with Gasteiger partial charge in [0.05, 0.1) is 0 Å². The lowest BCUT2D eigenvalue weighted by Crippen LogP contribution is -2.03. The van der Waals surface area contributed by atoms with Crippen molar-refractivity contribution in [1.82, 2.24) is 9.97 Å². The summed E-state index contributed by atoms with van der Waals surface area (Å²) in [5.74, 6) is 2.17. The summed E-state index contributed by atoms with van der Waals surface area (Å²) in [5, 5.41) is 4.51. The van der Waals surface area contributed by atoms with Crippen LogP contribution in [0.2, 0.25) is 10.0 Å². The number of aromatic nitrogens is 2. The van der Waals surface area contributed by atoms with E-state index in [0.29, 0.717) is 28.2 Å². The Morgan fingerprint density at radius 3 is 2.64 bits per heavy atom. The highest BCUT2D eigenvalue weighted by Gasteiger charge is 2.15. The normalized spacial score (nSPS) is 12.2. The maximum atomic E-state index is 6.05. The van der Waals surface area contributed by atoms with Crippen LogP contribution in [0.1, 0.15) is 5.56 Å².